The molecule has 2 saturated heterocycles. The lowest BCUT2D eigenvalue weighted by molar-refractivity contribution is -0.332. The van der Waals surface area contributed by atoms with Gasteiger partial charge >= 0.3 is 5.97 Å². The Bertz CT molecular complexity index is 1420. The van der Waals surface area contributed by atoms with E-state index in [-0.39, 0.29) is 25.6 Å². The van der Waals surface area contributed by atoms with Crippen molar-refractivity contribution in [3.05, 3.63) is 60.8 Å². The Labute approximate surface area is 434 Å². The van der Waals surface area contributed by atoms with E-state index < -0.39 is 80.7 Å². The fourth-order valence-corrected chi connectivity index (χ4v) is 8.68. The number of carbonyl (C=O) groups excluding carboxylic acids is 1. The molecule has 11 atom stereocenters. The standard InChI is InChI=1S/C58H102O14/c1-3-5-7-9-11-13-15-17-19-21-22-23-24-25-27-29-31-33-35-37-39-41-50(60)70-47(44-67-42-40-38-36-34-32-30-28-26-20-18-16-14-12-10-8-6-4-2)45-68-57-56(66)54(64)52(62)49(72-57)46-69-58-55(65)53(63)51(61)48(43-59)71-58/h5,7,11,13,17,19-20,22-23,26,47-49,51-59,61-66H,3-4,6,8-10,12,14-16,18,21,24-25,27-46H2,1-2H3/b7-5-,13-11-,19-17-,23-22-,26-20-. The molecule has 2 aliphatic rings. The van der Waals surface area contributed by atoms with Crippen molar-refractivity contribution in [2.45, 2.75) is 268 Å². The molecule has 7 N–H and O–H groups in total. The minimum Gasteiger partial charge on any atom is -0.457 e. The zero-order valence-corrected chi connectivity index (χ0v) is 44.7. The van der Waals surface area contributed by atoms with Gasteiger partial charge in [0.2, 0.25) is 0 Å². The molecule has 2 heterocycles. The van der Waals surface area contributed by atoms with Crippen LogP contribution in [0.1, 0.15) is 200 Å². The van der Waals surface area contributed by atoms with Gasteiger partial charge in [0.05, 0.1) is 26.4 Å². The first kappa shape index (κ1) is 65.8. The second kappa shape index (κ2) is 44.9. The van der Waals surface area contributed by atoms with Crippen LogP contribution < -0.4 is 0 Å². The van der Waals surface area contributed by atoms with E-state index in [1.807, 2.05) is 0 Å². The van der Waals surface area contributed by atoms with Crippen molar-refractivity contribution in [3.8, 4) is 0 Å². The van der Waals surface area contributed by atoms with E-state index in [0.29, 0.717) is 13.0 Å². The minimum atomic E-state index is -1.71. The van der Waals surface area contributed by atoms with Crippen molar-refractivity contribution >= 4 is 5.97 Å². The van der Waals surface area contributed by atoms with Gasteiger partial charge in [0.15, 0.2) is 12.6 Å². The van der Waals surface area contributed by atoms with E-state index in [0.717, 1.165) is 77.0 Å². The third-order valence-corrected chi connectivity index (χ3v) is 13.3. The van der Waals surface area contributed by atoms with E-state index in [1.165, 1.54) is 96.3 Å². The van der Waals surface area contributed by atoms with Gasteiger partial charge in [0.1, 0.15) is 54.9 Å². The Hall–Kier alpha value is -2.31. The number of ether oxygens (including phenoxy) is 6. The number of aliphatic hydroxyl groups excluding tert-OH is 7. The third kappa shape index (κ3) is 31.5. The highest BCUT2D eigenvalue weighted by atomic mass is 16.7. The lowest BCUT2D eigenvalue weighted by Crippen LogP contribution is -2.61. The summed E-state index contributed by atoms with van der Waals surface area (Å²) in [5, 5.41) is 72.3. The highest BCUT2D eigenvalue weighted by Crippen LogP contribution is 2.26. The highest BCUT2D eigenvalue weighted by Gasteiger charge is 2.47. The first-order chi connectivity index (χ1) is 35.1. The first-order valence-electron chi connectivity index (χ1n) is 28.4. The summed E-state index contributed by atoms with van der Waals surface area (Å²) in [4.78, 5) is 13.1. The molecule has 0 radical (unpaired) electrons. The number of unbranched alkanes of at least 4 members (excludes halogenated alkanes) is 21. The molecule has 0 aromatic rings. The maximum Gasteiger partial charge on any atom is 0.306 e. The zero-order chi connectivity index (χ0) is 52.3. The summed E-state index contributed by atoms with van der Waals surface area (Å²) in [5.74, 6) is -0.387. The summed E-state index contributed by atoms with van der Waals surface area (Å²) >= 11 is 0. The van der Waals surface area contributed by atoms with Gasteiger partial charge in [0, 0.05) is 13.0 Å². The second-order valence-corrected chi connectivity index (χ2v) is 19.7. The summed E-state index contributed by atoms with van der Waals surface area (Å²) in [6.07, 6.45) is 38.4. The number of aliphatic hydroxyl groups is 7. The highest BCUT2D eigenvalue weighted by molar-refractivity contribution is 5.69. The molecule has 11 unspecified atom stereocenters. The maximum atomic E-state index is 13.1. The fraction of sp³-hybridized carbons (Fsp3) is 0.810. The van der Waals surface area contributed by atoms with Crippen LogP contribution in [0.3, 0.4) is 0 Å². The van der Waals surface area contributed by atoms with Gasteiger partial charge in [-0.1, -0.05) is 177 Å². The van der Waals surface area contributed by atoms with Crippen LogP contribution in [0.5, 0.6) is 0 Å². The molecule has 0 spiro atoms. The zero-order valence-electron chi connectivity index (χ0n) is 44.7. The molecule has 418 valence electrons. The van der Waals surface area contributed by atoms with Gasteiger partial charge in [-0.15, -0.1) is 0 Å². The Morgan fingerprint density at radius 1 is 0.472 bits per heavy atom. The average Bonchev–Trinajstić information content (AvgIpc) is 3.38. The van der Waals surface area contributed by atoms with Crippen LogP contribution in [-0.4, -0.2) is 142 Å². The van der Waals surface area contributed by atoms with Crippen molar-refractivity contribution in [2.75, 3.05) is 33.0 Å². The topological polar surface area (TPSA) is 214 Å². The van der Waals surface area contributed by atoms with Crippen molar-refractivity contribution < 1.29 is 69.0 Å². The Balaban J connectivity index is 1.73. The quantitative estimate of drug-likeness (QED) is 0.0172. The summed E-state index contributed by atoms with van der Waals surface area (Å²) in [6, 6.07) is 0. The molecule has 2 fully saturated rings. The van der Waals surface area contributed by atoms with Crippen molar-refractivity contribution in [1.29, 1.82) is 0 Å². The van der Waals surface area contributed by atoms with E-state index >= 15 is 0 Å². The summed E-state index contributed by atoms with van der Waals surface area (Å²) in [7, 11) is 0. The average molecular weight is 1020 g/mol. The largest absolute Gasteiger partial charge is 0.457 e. The number of hydrogen-bond acceptors (Lipinski definition) is 14. The van der Waals surface area contributed by atoms with Crippen LogP contribution in [0.15, 0.2) is 60.8 Å². The summed E-state index contributed by atoms with van der Waals surface area (Å²) in [5.41, 5.74) is 0. The third-order valence-electron chi connectivity index (χ3n) is 13.3. The predicted octanol–water partition coefficient (Wildman–Crippen LogP) is 9.69. The van der Waals surface area contributed by atoms with Crippen molar-refractivity contribution in [2.24, 2.45) is 0 Å². The molecule has 0 amide bonds. The van der Waals surface area contributed by atoms with Crippen LogP contribution in [0.25, 0.3) is 0 Å². The molecule has 0 bridgehead atoms. The number of hydrogen-bond donors (Lipinski definition) is 7. The first-order valence-corrected chi connectivity index (χ1v) is 28.4. The normalized spacial score (nSPS) is 25.6. The Morgan fingerprint density at radius 2 is 0.903 bits per heavy atom. The van der Waals surface area contributed by atoms with Gasteiger partial charge in [-0.3, -0.25) is 4.79 Å². The summed E-state index contributed by atoms with van der Waals surface area (Å²) in [6.45, 7) is 3.56. The van der Waals surface area contributed by atoms with Gasteiger partial charge in [-0.2, -0.15) is 0 Å². The van der Waals surface area contributed by atoms with Crippen molar-refractivity contribution in [3.63, 3.8) is 0 Å². The van der Waals surface area contributed by atoms with Crippen LogP contribution in [0, 0.1) is 0 Å². The van der Waals surface area contributed by atoms with Crippen LogP contribution in [-0.2, 0) is 33.2 Å². The molecule has 2 rings (SSSR count). The number of carbonyl (C=O) groups is 1. The Kier molecular flexibility index (Phi) is 41.1. The lowest BCUT2D eigenvalue weighted by atomic mass is 9.98. The molecule has 0 aromatic carbocycles. The smallest absolute Gasteiger partial charge is 0.306 e. The van der Waals surface area contributed by atoms with Gasteiger partial charge in [-0.25, -0.2) is 0 Å². The van der Waals surface area contributed by atoms with Crippen molar-refractivity contribution in [1.82, 2.24) is 0 Å². The molecule has 14 heteroatoms. The monoisotopic (exact) mass is 1020 g/mol. The van der Waals surface area contributed by atoms with Gasteiger partial charge < -0.3 is 64.2 Å². The SMILES string of the molecule is CC/C=C\C/C=C\C/C=C\C/C=C\CCCCCCCCCCC(=O)OC(COCCCCCCCC/C=C\CCCCCCCCC)COC1OC(COC2OC(CO)C(O)C(O)C2O)C(O)C(O)C1O. The van der Waals surface area contributed by atoms with Crippen LogP contribution >= 0.6 is 0 Å². The van der Waals surface area contributed by atoms with E-state index in [4.69, 9.17) is 28.4 Å². The molecule has 2 aliphatic heterocycles. The molecule has 14 nitrogen and oxygen atoms in total. The molecule has 72 heavy (non-hydrogen) atoms. The molecular formula is C58H102O14. The number of allylic oxidation sites excluding steroid dienone is 10. The fourth-order valence-electron chi connectivity index (χ4n) is 8.68. The maximum absolute atomic E-state index is 13.1. The Morgan fingerprint density at radius 3 is 1.43 bits per heavy atom. The summed E-state index contributed by atoms with van der Waals surface area (Å²) < 4.78 is 34.4. The molecule has 0 saturated carbocycles. The predicted molar refractivity (Wildman–Crippen MR) is 284 cm³/mol. The second-order valence-electron chi connectivity index (χ2n) is 19.7. The van der Waals surface area contributed by atoms with E-state index in [1.54, 1.807) is 0 Å². The van der Waals surface area contributed by atoms with Crippen LogP contribution in [0.4, 0.5) is 0 Å². The molecule has 0 aliphatic carbocycles. The van der Waals surface area contributed by atoms with E-state index in [9.17, 15) is 40.5 Å². The van der Waals surface area contributed by atoms with E-state index in [2.05, 4.69) is 74.6 Å². The van der Waals surface area contributed by atoms with Gasteiger partial charge in [0.25, 0.3) is 0 Å². The van der Waals surface area contributed by atoms with Gasteiger partial charge in [-0.05, 0) is 77.0 Å². The minimum absolute atomic E-state index is 0.0524. The van der Waals surface area contributed by atoms with Crippen LogP contribution in [0.2, 0.25) is 0 Å². The molecule has 0 aromatic heterocycles. The lowest BCUT2D eigenvalue weighted by Gasteiger charge is -2.42. The number of rotatable bonds is 45. The molecular weight excluding hydrogens is 921 g/mol. The number of esters is 1.